The Morgan fingerprint density at radius 2 is 1.93 bits per heavy atom. The highest BCUT2D eigenvalue weighted by Gasteiger charge is 2.11. The fourth-order valence-corrected chi connectivity index (χ4v) is 2.68. The first-order valence-electron chi connectivity index (χ1n) is 5.30. The summed E-state index contributed by atoms with van der Waals surface area (Å²) in [6.45, 7) is 4.31. The van der Waals surface area contributed by atoms with Gasteiger partial charge in [-0.2, -0.15) is 0 Å². The fraction of sp³-hybridized carbons (Fsp3) is 0.583. The molecule has 1 N–H and O–H groups in total. The first-order chi connectivity index (χ1) is 7.00. The number of hydrogen-bond acceptors (Lipinski definition) is 1. The molecule has 0 saturated carbocycles. The smallest absolute Gasteiger partial charge is 0.0455 e. The lowest BCUT2D eigenvalue weighted by Crippen LogP contribution is -2.03. The second-order valence-corrected chi connectivity index (χ2v) is 6.01. The van der Waals surface area contributed by atoms with Gasteiger partial charge in [0.15, 0.2) is 0 Å². The molecule has 0 saturated heterocycles. The third kappa shape index (κ3) is 4.23. The summed E-state index contributed by atoms with van der Waals surface area (Å²) in [4.78, 5) is 0. The minimum Gasteiger partial charge on any atom is -0.304 e. The van der Waals surface area contributed by atoms with Crippen molar-refractivity contribution in [1.29, 1.82) is 5.41 Å². The molecule has 0 fully saturated rings. The number of halogens is 2. The largest absolute Gasteiger partial charge is 0.304 e. The Bertz CT molecular complexity index is 316. The van der Waals surface area contributed by atoms with Crippen molar-refractivity contribution >= 4 is 37.6 Å². The SMILES string of the molecule is CC1=C(Br)C(=N)CCC(C)C=C(Br)CC1. The lowest BCUT2D eigenvalue weighted by atomic mass is 9.98. The third-order valence-corrected chi connectivity index (χ3v) is 4.51. The Kier molecular flexibility index (Phi) is 5.27. The molecule has 0 radical (unpaired) electrons. The van der Waals surface area contributed by atoms with Crippen LogP contribution in [0.4, 0.5) is 0 Å². The summed E-state index contributed by atoms with van der Waals surface area (Å²) in [5.74, 6) is 0.554. The zero-order valence-corrected chi connectivity index (χ0v) is 12.4. The zero-order valence-electron chi connectivity index (χ0n) is 9.24. The van der Waals surface area contributed by atoms with Crippen molar-refractivity contribution in [2.24, 2.45) is 5.92 Å². The second-order valence-electron chi connectivity index (χ2n) is 4.20. The maximum Gasteiger partial charge on any atom is 0.0455 e. The average molecular weight is 335 g/mol. The Balaban J connectivity index is 2.84. The minimum atomic E-state index is 0.554. The van der Waals surface area contributed by atoms with E-state index in [4.69, 9.17) is 5.41 Å². The van der Waals surface area contributed by atoms with E-state index in [-0.39, 0.29) is 0 Å². The Morgan fingerprint density at radius 1 is 1.27 bits per heavy atom. The van der Waals surface area contributed by atoms with E-state index in [1.807, 2.05) is 0 Å². The van der Waals surface area contributed by atoms with Crippen LogP contribution in [0, 0.1) is 11.3 Å². The molecule has 0 aromatic rings. The minimum absolute atomic E-state index is 0.554. The Hall–Kier alpha value is 0.110. The molecule has 84 valence electrons. The number of nitrogens with one attached hydrogen (secondary N) is 1. The van der Waals surface area contributed by atoms with Crippen LogP contribution >= 0.6 is 31.9 Å². The van der Waals surface area contributed by atoms with Crippen LogP contribution in [-0.4, -0.2) is 5.71 Å². The topological polar surface area (TPSA) is 23.9 Å². The molecule has 1 nitrogen and oxygen atoms in total. The van der Waals surface area contributed by atoms with Gasteiger partial charge in [-0.15, -0.1) is 0 Å². The van der Waals surface area contributed by atoms with Crippen LogP contribution in [0.3, 0.4) is 0 Å². The monoisotopic (exact) mass is 333 g/mol. The van der Waals surface area contributed by atoms with Crippen LogP contribution in [0.25, 0.3) is 0 Å². The third-order valence-electron chi connectivity index (χ3n) is 2.69. The molecule has 1 aliphatic rings. The summed E-state index contributed by atoms with van der Waals surface area (Å²) >= 11 is 7.13. The Labute approximate surface area is 109 Å². The summed E-state index contributed by atoms with van der Waals surface area (Å²) in [6.07, 6.45) is 6.25. The lowest BCUT2D eigenvalue weighted by molar-refractivity contribution is 0.663. The first-order valence-corrected chi connectivity index (χ1v) is 6.88. The summed E-state index contributed by atoms with van der Waals surface area (Å²) in [5.41, 5.74) is 2.02. The molecule has 0 spiro atoms. The van der Waals surface area contributed by atoms with Crippen LogP contribution < -0.4 is 0 Å². The molecular weight excluding hydrogens is 318 g/mol. The molecule has 1 atom stereocenters. The Morgan fingerprint density at radius 3 is 2.60 bits per heavy atom. The van der Waals surface area contributed by atoms with Crippen molar-refractivity contribution < 1.29 is 0 Å². The molecule has 1 rings (SSSR count). The summed E-state index contributed by atoms with van der Waals surface area (Å²) in [5, 5.41) is 7.93. The van der Waals surface area contributed by atoms with E-state index >= 15 is 0 Å². The average Bonchev–Trinajstić information content (AvgIpc) is 2.20. The van der Waals surface area contributed by atoms with Crippen molar-refractivity contribution in [1.82, 2.24) is 0 Å². The van der Waals surface area contributed by atoms with Crippen LogP contribution in [-0.2, 0) is 0 Å². The quantitative estimate of drug-likeness (QED) is 0.632. The molecular formula is C12H17Br2N. The molecule has 0 bridgehead atoms. The summed E-state index contributed by atoms with van der Waals surface area (Å²) in [7, 11) is 0. The predicted molar refractivity (Wildman–Crippen MR) is 74.0 cm³/mol. The molecule has 1 aliphatic carbocycles. The second kappa shape index (κ2) is 6.00. The van der Waals surface area contributed by atoms with Gasteiger partial charge in [-0.05, 0) is 58.9 Å². The number of allylic oxidation sites excluding steroid dienone is 4. The van der Waals surface area contributed by atoms with E-state index < -0.39 is 0 Å². The maximum atomic E-state index is 7.93. The zero-order chi connectivity index (χ0) is 11.4. The van der Waals surface area contributed by atoms with Gasteiger partial charge in [-0.25, -0.2) is 0 Å². The summed E-state index contributed by atoms with van der Waals surface area (Å²) in [6, 6.07) is 0. The van der Waals surface area contributed by atoms with Gasteiger partial charge in [-0.3, -0.25) is 0 Å². The molecule has 0 aromatic heterocycles. The highest BCUT2D eigenvalue weighted by atomic mass is 79.9. The van der Waals surface area contributed by atoms with E-state index in [2.05, 4.69) is 51.8 Å². The van der Waals surface area contributed by atoms with E-state index in [1.54, 1.807) is 0 Å². The predicted octanol–water partition coefficient (Wildman–Crippen LogP) is 5.16. The van der Waals surface area contributed by atoms with Crippen LogP contribution in [0.5, 0.6) is 0 Å². The van der Waals surface area contributed by atoms with Crippen molar-refractivity contribution in [3.05, 3.63) is 20.6 Å². The van der Waals surface area contributed by atoms with E-state index in [0.29, 0.717) is 5.92 Å². The van der Waals surface area contributed by atoms with Gasteiger partial charge in [0, 0.05) is 10.2 Å². The van der Waals surface area contributed by atoms with E-state index in [0.717, 1.165) is 35.9 Å². The molecule has 0 aromatic carbocycles. The highest BCUT2D eigenvalue weighted by molar-refractivity contribution is 9.12. The highest BCUT2D eigenvalue weighted by Crippen LogP contribution is 2.27. The number of rotatable bonds is 0. The van der Waals surface area contributed by atoms with Crippen molar-refractivity contribution in [3.63, 3.8) is 0 Å². The standard InChI is InChI=1S/C12H17Br2N/c1-8-3-6-11(15)12(14)9(2)4-5-10(13)7-8/h7-8,15H,3-6H2,1-2H3. The van der Waals surface area contributed by atoms with Gasteiger partial charge in [0.2, 0.25) is 0 Å². The number of hydrogen-bond donors (Lipinski definition) is 1. The van der Waals surface area contributed by atoms with Gasteiger partial charge >= 0.3 is 0 Å². The van der Waals surface area contributed by atoms with Crippen LogP contribution in [0.2, 0.25) is 0 Å². The first kappa shape index (κ1) is 13.2. The summed E-state index contributed by atoms with van der Waals surface area (Å²) < 4.78 is 2.31. The maximum absolute atomic E-state index is 7.93. The van der Waals surface area contributed by atoms with Crippen molar-refractivity contribution in [2.75, 3.05) is 0 Å². The van der Waals surface area contributed by atoms with Gasteiger partial charge in [0.05, 0.1) is 0 Å². The van der Waals surface area contributed by atoms with E-state index in [9.17, 15) is 0 Å². The van der Waals surface area contributed by atoms with Gasteiger partial charge in [0.1, 0.15) is 0 Å². The molecule has 0 aliphatic heterocycles. The van der Waals surface area contributed by atoms with Gasteiger partial charge in [0.25, 0.3) is 0 Å². The van der Waals surface area contributed by atoms with Crippen LogP contribution in [0.15, 0.2) is 20.6 Å². The molecule has 0 amide bonds. The van der Waals surface area contributed by atoms with Crippen molar-refractivity contribution in [3.8, 4) is 0 Å². The lowest BCUT2D eigenvalue weighted by Gasteiger charge is -2.13. The van der Waals surface area contributed by atoms with Crippen LogP contribution in [0.1, 0.15) is 39.5 Å². The van der Waals surface area contributed by atoms with Crippen molar-refractivity contribution in [2.45, 2.75) is 39.5 Å². The molecule has 1 unspecified atom stereocenters. The molecule has 15 heavy (non-hydrogen) atoms. The fourth-order valence-electron chi connectivity index (χ4n) is 1.63. The molecule has 3 heteroatoms. The van der Waals surface area contributed by atoms with E-state index in [1.165, 1.54) is 10.1 Å². The van der Waals surface area contributed by atoms with Gasteiger partial charge < -0.3 is 5.41 Å². The normalized spacial score (nSPS) is 25.2. The van der Waals surface area contributed by atoms with Gasteiger partial charge in [-0.1, -0.05) is 34.5 Å². The molecule has 0 heterocycles.